The first-order chi connectivity index (χ1) is 13.4. The quantitative estimate of drug-likeness (QED) is 0.375. The molecule has 29 heavy (non-hydrogen) atoms. The molecule has 156 valence electrons. The van der Waals surface area contributed by atoms with Gasteiger partial charge in [-0.25, -0.2) is 0 Å². The molecule has 3 rings (SSSR count). The highest BCUT2D eigenvalue weighted by Crippen LogP contribution is 2.50. The number of benzene rings is 1. The lowest BCUT2D eigenvalue weighted by atomic mass is 9.79. The maximum atomic E-state index is 13.2. The number of hydrogen-bond acceptors (Lipinski definition) is 7. The van der Waals surface area contributed by atoms with Crippen LogP contribution < -0.4 is 10.1 Å². The van der Waals surface area contributed by atoms with Crippen molar-refractivity contribution in [3.05, 3.63) is 29.8 Å². The van der Waals surface area contributed by atoms with Gasteiger partial charge in [-0.1, -0.05) is 12.1 Å². The molecule has 2 heterocycles. The number of rotatable bonds is 4. The van der Waals surface area contributed by atoms with Crippen molar-refractivity contribution in [3.63, 3.8) is 0 Å². The molecule has 0 saturated carbocycles. The van der Waals surface area contributed by atoms with Crippen molar-refractivity contribution >= 4 is 23.8 Å². The lowest BCUT2D eigenvalue weighted by Crippen LogP contribution is -2.59. The fourth-order valence-electron chi connectivity index (χ4n) is 4.27. The smallest absolute Gasteiger partial charge is 0.327 e. The Hall–Kier alpha value is -2.78. The third kappa shape index (κ3) is 3.20. The van der Waals surface area contributed by atoms with Crippen LogP contribution in [-0.2, 0) is 19.2 Å². The molecule has 0 aliphatic carbocycles. The van der Waals surface area contributed by atoms with Gasteiger partial charge in [0.15, 0.2) is 5.54 Å². The van der Waals surface area contributed by atoms with Crippen LogP contribution in [0.4, 0.5) is 0 Å². The number of carbonyl (C=O) groups excluding carboxylic acids is 3. The highest BCUT2D eigenvalue weighted by atomic mass is 16.5. The van der Waals surface area contributed by atoms with E-state index in [-0.39, 0.29) is 0 Å². The van der Waals surface area contributed by atoms with Crippen LogP contribution in [-0.4, -0.2) is 56.6 Å². The third-order valence-corrected chi connectivity index (χ3v) is 5.46. The fraction of sp³-hybridized carbons (Fsp3) is 0.500. The Morgan fingerprint density at radius 1 is 1.17 bits per heavy atom. The third-order valence-electron chi connectivity index (χ3n) is 5.46. The first-order valence-corrected chi connectivity index (χ1v) is 9.22. The average Bonchev–Trinajstić information content (AvgIpc) is 3.09. The van der Waals surface area contributed by atoms with E-state index in [1.807, 2.05) is 0 Å². The number of carboxylic acid groups (broad SMARTS) is 1. The number of aliphatic hydroxyl groups excluding tert-OH is 1. The molecule has 9 heteroatoms. The van der Waals surface area contributed by atoms with Gasteiger partial charge in [0, 0.05) is 18.5 Å². The zero-order chi connectivity index (χ0) is 21.7. The largest absolute Gasteiger partial charge is 0.480 e. The van der Waals surface area contributed by atoms with Crippen LogP contribution in [0.15, 0.2) is 24.3 Å². The number of nitrogens with one attached hydrogen (secondary N) is 1. The second-order valence-corrected chi connectivity index (χ2v) is 8.41. The van der Waals surface area contributed by atoms with Crippen LogP contribution in [0.5, 0.6) is 5.75 Å². The number of imide groups is 1. The average molecular weight is 404 g/mol. The second-order valence-electron chi connectivity index (χ2n) is 8.41. The Kier molecular flexibility index (Phi) is 5.00. The van der Waals surface area contributed by atoms with E-state index in [1.165, 1.54) is 19.1 Å². The fourth-order valence-corrected chi connectivity index (χ4v) is 4.27. The number of aliphatic carboxylic acids is 1. The van der Waals surface area contributed by atoms with Gasteiger partial charge in [0.25, 0.3) is 0 Å². The zero-order valence-electron chi connectivity index (χ0n) is 16.6. The number of aliphatic hydroxyl groups is 1. The predicted molar refractivity (Wildman–Crippen MR) is 99.7 cm³/mol. The summed E-state index contributed by atoms with van der Waals surface area (Å²) in [5.41, 5.74) is -2.26. The molecule has 4 unspecified atom stereocenters. The van der Waals surface area contributed by atoms with E-state index in [1.54, 1.807) is 32.9 Å². The molecule has 1 aromatic rings. The minimum absolute atomic E-state index is 0.299. The van der Waals surface area contributed by atoms with Gasteiger partial charge in [-0.3, -0.25) is 29.4 Å². The molecule has 1 aromatic carbocycles. The van der Waals surface area contributed by atoms with E-state index >= 15 is 0 Å². The summed E-state index contributed by atoms with van der Waals surface area (Å²) in [4.78, 5) is 50.6. The van der Waals surface area contributed by atoms with Gasteiger partial charge in [0.05, 0.1) is 18.4 Å². The van der Waals surface area contributed by atoms with Crippen molar-refractivity contribution in [2.45, 2.75) is 44.8 Å². The molecule has 0 radical (unpaired) electrons. The van der Waals surface area contributed by atoms with Gasteiger partial charge in [-0.05, 0) is 38.5 Å². The number of fused-ring (bicyclic) bond motifs is 1. The number of ether oxygens (including phenoxy) is 1. The maximum Gasteiger partial charge on any atom is 0.327 e. The van der Waals surface area contributed by atoms with Gasteiger partial charge < -0.3 is 14.9 Å². The molecule has 0 aromatic heterocycles. The minimum atomic E-state index is -1.98. The number of amides is 2. The number of likely N-dealkylation sites (tertiary alicyclic amines) is 1. The molecule has 0 spiro atoms. The number of esters is 1. The van der Waals surface area contributed by atoms with Crippen LogP contribution in [0.3, 0.4) is 0 Å². The van der Waals surface area contributed by atoms with Gasteiger partial charge in [-0.2, -0.15) is 0 Å². The van der Waals surface area contributed by atoms with Crippen LogP contribution in [0, 0.1) is 11.8 Å². The summed E-state index contributed by atoms with van der Waals surface area (Å²) in [7, 11) is 0. The molecular weight excluding hydrogens is 380 g/mol. The Balaban J connectivity index is 2.07. The summed E-state index contributed by atoms with van der Waals surface area (Å²) >= 11 is 0. The lowest BCUT2D eigenvalue weighted by molar-refractivity contribution is -0.155. The molecule has 3 N–H and O–H groups in total. The van der Waals surface area contributed by atoms with E-state index in [0.29, 0.717) is 11.3 Å². The van der Waals surface area contributed by atoms with Crippen LogP contribution in [0.25, 0.3) is 0 Å². The lowest BCUT2D eigenvalue weighted by Gasteiger charge is -2.34. The summed E-state index contributed by atoms with van der Waals surface area (Å²) < 4.78 is 5.00. The number of nitrogens with zero attached hydrogens (tertiary/aromatic N) is 1. The second kappa shape index (κ2) is 6.93. The van der Waals surface area contributed by atoms with Crippen molar-refractivity contribution in [2.75, 3.05) is 6.61 Å². The zero-order valence-corrected chi connectivity index (χ0v) is 16.6. The van der Waals surface area contributed by atoms with E-state index in [4.69, 9.17) is 4.74 Å². The van der Waals surface area contributed by atoms with Crippen LogP contribution >= 0.6 is 0 Å². The Morgan fingerprint density at radius 2 is 1.76 bits per heavy atom. The topological polar surface area (TPSA) is 133 Å². The summed E-state index contributed by atoms with van der Waals surface area (Å²) in [6.07, 6.45) is 0. The maximum absolute atomic E-state index is 13.2. The van der Waals surface area contributed by atoms with Crippen LogP contribution in [0.1, 0.15) is 39.3 Å². The molecule has 2 saturated heterocycles. The standard InChI is InChI=1S/C20H24N2O7/c1-10(24)29-12-7-5-11(6-8-12)15-13-14(20(9-23,21-15)18(27)28)17(26)22(16(13)25)19(2,3)4/h5-8,13-15,21,23H,9H2,1-4H3,(H,27,28). The number of hydrogen-bond donors (Lipinski definition) is 3. The van der Waals surface area contributed by atoms with E-state index in [2.05, 4.69) is 5.32 Å². The van der Waals surface area contributed by atoms with Crippen molar-refractivity contribution in [2.24, 2.45) is 11.8 Å². The van der Waals surface area contributed by atoms with E-state index in [9.17, 15) is 29.4 Å². The first-order valence-electron chi connectivity index (χ1n) is 9.22. The first kappa shape index (κ1) is 20.9. The van der Waals surface area contributed by atoms with Crippen molar-refractivity contribution in [1.82, 2.24) is 10.2 Å². The molecule has 2 aliphatic rings. The molecule has 9 nitrogen and oxygen atoms in total. The molecule has 4 atom stereocenters. The SMILES string of the molecule is CC(=O)Oc1ccc(C2NC(CO)(C(=O)O)C3C(=O)N(C(C)(C)C)C(=O)C23)cc1. The predicted octanol–water partition coefficient (Wildman–Crippen LogP) is 0.472. The van der Waals surface area contributed by atoms with Crippen molar-refractivity contribution < 1.29 is 34.1 Å². The summed E-state index contributed by atoms with van der Waals surface area (Å²) in [5, 5.41) is 22.6. The Bertz CT molecular complexity index is 874. The van der Waals surface area contributed by atoms with Crippen molar-refractivity contribution in [3.8, 4) is 5.75 Å². The molecular formula is C20H24N2O7. The molecule has 2 aliphatic heterocycles. The van der Waals surface area contributed by atoms with Crippen LogP contribution in [0.2, 0.25) is 0 Å². The van der Waals surface area contributed by atoms with Crippen molar-refractivity contribution in [1.29, 1.82) is 0 Å². The monoisotopic (exact) mass is 404 g/mol. The van der Waals surface area contributed by atoms with E-state index < -0.39 is 59.3 Å². The van der Waals surface area contributed by atoms with Gasteiger partial charge in [0.1, 0.15) is 5.75 Å². The molecule has 0 bridgehead atoms. The molecule has 2 amide bonds. The van der Waals surface area contributed by atoms with Gasteiger partial charge >= 0.3 is 11.9 Å². The Morgan fingerprint density at radius 3 is 2.21 bits per heavy atom. The number of carbonyl (C=O) groups is 4. The summed E-state index contributed by atoms with van der Waals surface area (Å²) in [6, 6.07) is 5.43. The van der Waals surface area contributed by atoms with Gasteiger partial charge in [-0.15, -0.1) is 0 Å². The van der Waals surface area contributed by atoms with E-state index in [0.717, 1.165) is 4.90 Å². The summed E-state index contributed by atoms with van der Waals surface area (Å²) in [6.45, 7) is 5.51. The van der Waals surface area contributed by atoms with Gasteiger partial charge in [0.2, 0.25) is 11.8 Å². The Labute approximate surface area is 167 Å². The highest BCUT2D eigenvalue weighted by Gasteiger charge is 2.69. The normalized spacial score (nSPS) is 29.1. The minimum Gasteiger partial charge on any atom is -0.480 e. The number of carboxylic acids is 1. The summed E-state index contributed by atoms with van der Waals surface area (Å²) in [5.74, 6) is -4.90. The molecule has 2 fully saturated rings. The highest BCUT2D eigenvalue weighted by molar-refractivity contribution is 6.10.